The molecule has 6 heteroatoms. The molecule has 3 aromatic rings. The number of carbonyl (C=O) groups is 1. The second-order valence-electron chi connectivity index (χ2n) is 5.64. The number of rotatable bonds is 4. The summed E-state index contributed by atoms with van der Waals surface area (Å²) in [6.45, 7) is 1.85. The van der Waals surface area contributed by atoms with E-state index in [1.807, 2.05) is 68.4 Å². The molecular formula is C18H19N5O. The van der Waals surface area contributed by atoms with Crippen molar-refractivity contribution in [2.45, 2.75) is 6.92 Å². The molecule has 0 saturated carbocycles. The lowest BCUT2D eigenvalue weighted by Gasteiger charge is -2.13. The molecule has 2 aromatic heterocycles. The lowest BCUT2D eigenvalue weighted by molar-refractivity contribution is 0.102. The van der Waals surface area contributed by atoms with E-state index >= 15 is 0 Å². The van der Waals surface area contributed by atoms with Gasteiger partial charge < -0.3 is 10.2 Å². The van der Waals surface area contributed by atoms with Gasteiger partial charge in [-0.05, 0) is 43.3 Å². The van der Waals surface area contributed by atoms with Gasteiger partial charge >= 0.3 is 0 Å². The molecule has 0 aliphatic carbocycles. The van der Waals surface area contributed by atoms with Crippen LogP contribution in [0.4, 0.5) is 11.4 Å². The summed E-state index contributed by atoms with van der Waals surface area (Å²) in [7, 11) is 3.95. The van der Waals surface area contributed by atoms with Crippen molar-refractivity contribution in [3.05, 3.63) is 66.1 Å². The van der Waals surface area contributed by atoms with Gasteiger partial charge in [-0.3, -0.25) is 4.79 Å². The van der Waals surface area contributed by atoms with Crippen molar-refractivity contribution in [1.82, 2.24) is 14.8 Å². The summed E-state index contributed by atoms with van der Waals surface area (Å²) in [6.07, 6.45) is 3.26. The number of pyridine rings is 1. The Morgan fingerprint density at radius 3 is 2.50 bits per heavy atom. The van der Waals surface area contributed by atoms with E-state index in [2.05, 4.69) is 15.4 Å². The number of nitrogens with zero attached hydrogens (tertiary/aromatic N) is 4. The minimum atomic E-state index is -0.188. The van der Waals surface area contributed by atoms with Gasteiger partial charge in [-0.2, -0.15) is 5.10 Å². The third-order valence-electron chi connectivity index (χ3n) is 3.76. The number of carbonyl (C=O) groups excluding carboxylic acids is 1. The SMILES string of the molecule is Cc1c(C(=O)Nc2ccc(N(C)C)cc2)cnn1-c1ccccn1. The normalized spacial score (nSPS) is 10.5. The number of aromatic nitrogens is 3. The summed E-state index contributed by atoms with van der Waals surface area (Å²) in [5.41, 5.74) is 3.09. The number of hydrogen-bond acceptors (Lipinski definition) is 4. The van der Waals surface area contributed by atoms with E-state index in [1.165, 1.54) is 0 Å². The Balaban J connectivity index is 1.80. The fourth-order valence-electron chi connectivity index (χ4n) is 2.38. The molecule has 1 aromatic carbocycles. The van der Waals surface area contributed by atoms with Crippen molar-refractivity contribution in [1.29, 1.82) is 0 Å². The number of benzene rings is 1. The Labute approximate surface area is 140 Å². The Bertz CT molecular complexity index is 838. The highest BCUT2D eigenvalue weighted by atomic mass is 16.1. The molecule has 3 rings (SSSR count). The van der Waals surface area contributed by atoms with Gasteiger partial charge in [0.05, 0.1) is 17.5 Å². The Kier molecular flexibility index (Phi) is 4.29. The average molecular weight is 321 g/mol. The van der Waals surface area contributed by atoms with Crippen LogP contribution in [0.25, 0.3) is 5.82 Å². The minimum absolute atomic E-state index is 0.188. The molecule has 0 radical (unpaired) electrons. The number of nitrogens with one attached hydrogen (secondary N) is 1. The third-order valence-corrected chi connectivity index (χ3v) is 3.76. The quantitative estimate of drug-likeness (QED) is 0.802. The first-order valence-electron chi connectivity index (χ1n) is 7.61. The highest BCUT2D eigenvalue weighted by molar-refractivity contribution is 6.05. The predicted molar refractivity (Wildman–Crippen MR) is 94.8 cm³/mol. The van der Waals surface area contributed by atoms with Crippen LogP contribution in [0, 0.1) is 6.92 Å². The summed E-state index contributed by atoms with van der Waals surface area (Å²) in [6, 6.07) is 13.3. The zero-order valence-corrected chi connectivity index (χ0v) is 13.9. The molecule has 2 heterocycles. The van der Waals surface area contributed by atoms with Crippen LogP contribution in [0.1, 0.15) is 16.1 Å². The third kappa shape index (κ3) is 3.12. The van der Waals surface area contributed by atoms with Crippen molar-refractivity contribution < 1.29 is 4.79 Å². The number of amides is 1. The van der Waals surface area contributed by atoms with Gasteiger partial charge in [0.2, 0.25) is 0 Å². The summed E-state index contributed by atoms with van der Waals surface area (Å²) in [4.78, 5) is 18.8. The summed E-state index contributed by atoms with van der Waals surface area (Å²) in [5, 5.41) is 7.17. The zero-order chi connectivity index (χ0) is 17.1. The van der Waals surface area contributed by atoms with Crippen molar-refractivity contribution in [3.8, 4) is 5.82 Å². The van der Waals surface area contributed by atoms with Crippen LogP contribution in [0.2, 0.25) is 0 Å². The molecule has 0 saturated heterocycles. The molecule has 0 aliphatic rings. The van der Waals surface area contributed by atoms with Crippen LogP contribution in [0.5, 0.6) is 0 Å². The summed E-state index contributed by atoms with van der Waals surface area (Å²) < 4.78 is 1.66. The van der Waals surface area contributed by atoms with Crippen molar-refractivity contribution >= 4 is 17.3 Å². The maximum absolute atomic E-state index is 12.5. The van der Waals surface area contributed by atoms with Crippen molar-refractivity contribution in [3.63, 3.8) is 0 Å². The van der Waals surface area contributed by atoms with E-state index in [0.717, 1.165) is 17.1 Å². The molecule has 0 bridgehead atoms. The second kappa shape index (κ2) is 6.54. The smallest absolute Gasteiger partial charge is 0.259 e. The molecule has 122 valence electrons. The molecule has 1 N–H and O–H groups in total. The largest absolute Gasteiger partial charge is 0.378 e. The summed E-state index contributed by atoms with van der Waals surface area (Å²) in [5.74, 6) is 0.497. The first-order chi connectivity index (χ1) is 11.6. The molecule has 24 heavy (non-hydrogen) atoms. The first kappa shape index (κ1) is 15.7. The van der Waals surface area contributed by atoms with Gasteiger partial charge in [0, 0.05) is 31.7 Å². The highest BCUT2D eigenvalue weighted by Crippen LogP contribution is 2.18. The van der Waals surface area contributed by atoms with E-state index in [-0.39, 0.29) is 5.91 Å². The first-order valence-corrected chi connectivity index (χ1v) is 7.61. The topological polar surface area (TPSA) is 63.1 Å². The van der Waals surface area contributed by atoms with E-state index in [1.54, 1.807) is 17.1 Å². The maximum atomic E-state index is 12.5. The van der Waals surface area contributed by atoms with E-state index < -0.39 is 0 Å². The van der Waals surface area contributed by atoms with Gasteiger partial charge in [-0.25, -0.2) is 9.67 Å². The highest BCUT2D eigenvalue weighted by Gasteiger charge is 2.15. The molecule has 1 amide bonds. The standard InChI is InChI=1S/C18H19N5O/c1-13-16(12-20-23(13)17-6-4-5-11-19-17)18(24)21-14-7-9-15(10-8-14)22(2)3/h4-12H,1-3H3,(H,21,24). The number of anilines is 2. The lowest BCUT2D eigenvalue weighted by Crippen LogP contribution is -2.13. The second-order valence-corrected chi connectivity index (χ2v) is 5.64. The van der Waals surface area contributed by atoms with Crippen LogP contribution in [-0.2, 0) is 0 Å². The van der Waals surface area contributed by atoms with Crippen molar-refractivity contribution in [2.75, 3.05) is 24.3 Å². The predicted octanol–water partition coefficient (Wildman–Crippen LogP) is 2.89. The number of hydrogen-bond donors (Lipinski definition) is 1. The average Bonchev–Trinajstić information content (AvgIpc) is 2.98. The van der Waals surface area contributed by atoms with E-state index in [9.17, 15) is 4.79 Å². The van der Waals surface area contributed by atoms with Gasteiger partial charge in [0.1, 0.15) is 0 Å². The van der Waals surface area contributed by atoms with Crippen LogP contribution in [-0.4, -0.2) is 34.8 Å². The monoisotopic (exact) mass is 321 g/mol. The molecule has 0 unspecified atom stereocenters. The molecule has 0 fully saturated rings. The zero-order valence-electron chi connectivity index (χ0n) is 13.9. The maximum Gasteiger partial charge on any atom is 0.259 e. The van der Waals surface area contributed by atoms with Crippen LogP contribution >= 0.6 is 0 Å². The van der Waals surface area contributed by atoms with Gasteiger partial charge in [0.25, 0.3) is 5.91 Å². The van der Waals surface area contributed by atoms with E-state index in [4.69, 9.17) is 0 Å². The van der Waals surface area contributed by atoms with Gasteiger partial charge in [0.15, 0.2) is 5.82 Å². The van der Waals surface area contributed by atoms with Crippen molar-refractivity contribution in [2.24, 2.45) is 0 Å². The Morgan fingerprint density at radius 2 is 1.88 bits per heavy atom. The fourth-order valence-corrected chi connectivity index (χ4v) is 2.38. The molecule has 0 aliphatic heterocycles. The molecule has 0 spiro atoms. The van der Waals surface area contributed by atoms with E-state index in [0.29, 0.717) is 11.4 Å². The van der Waals surface area contributed by atoms with Gasteiger partial charge in [-0.15, -0.1) is 0 Å². The molecular weight excluding hydrogens is 302 g/mol. The summed E-state index contributed by atoms with van der Waals surface area (Å²) >= 11 is 0. The Morgan fingerprint density at radius 1 is 1.12 bits per heavy atom. The fraction of sp³-hybridized carbons (Fsp3) is 0.167. The molecule has 6 nitrogen and oxygen atoms in total. The lowest BCUT2D eigenvalue weighted by atomic mass is 10.2. The van der Waals surface area contributed by atoms with Crippen LogP contribution in [0.3, 0.4) is 0 Å². The minimum Gasteiger partial charge on any atom is -0.378 e. The van der Waals surface area contributed by atoms with Gasteiger partial charge in [-0.1, -0.05) is 6.07 Å². The van der Waals surface area contributed by atoms with Crippen LogP contribution < -0.4 is 10.2 Å². The molecule has 0 atom stereocenters. The Hall–Kier alpha value is -3.15. The van der Waals surface area contributed by atoms with Crippen LogP contribution in [0.15, 0.2) is 54.9 Å².